The molecule has 238 valence electrons. The first-order valence-electron chi connectivity index (χ1n) is 15.7. The Morgan fingerprint density at radius 1 is 1.20 bits per heavy atom. The minimum atomic E-state index is 0.0937. The fourth-order valence-electron chi connectivity index (χ4n) is 6.07. The topological polar surface area (TPSA) is 104 Å². The van der Waals surface area contributed by atoms with E-state index in [1.54, 1.807) is 12.4 Å². The second kappa shape index (κ2) is 13.5. The lowest BCUT2D eigenvalue weighted by Gasteiger charge is -2.43. The Balaban J connectivity index is 1.22. The molecule has 46 heavy (non-hydrogen) atoms. The van der Waals surface area contributed by atoms with Gasteiger partial charge in [0.05, 0.1) is 5.52 Å². The highest BCUT2D eigenvalue weighted by Gasteiger charge is 2.32. The Labute approximate surface area is 269 Å². The normalized spacial score (nSPS) is 16.8. The summed E-state index contributed by atoms with van der Waals surface area (Å²) in [6, 6.07) is 12.0. The van der Waals surface area contributed by atoms with Crippen molar-refractivity contribution in [2.45, 2.75) is 32.2 Å². The molecule has 1 atom stereocenters. The molecule has 1 amide bonds. The maximum Gasteiger partial charge on any atom is 0.246 e. The van der Waals surface area contributed by atoms with Gasteiger partial charge in [-0.1, -0.05) is 12.7 Å². The highest BCUT2D eigenvalue weighted by molar-refractivity contribution is 5.90. The molecular weight excluding hydrogens is 578 g/mol. The molecule has 0 radical (unpaired) electrons. The Kier molecular flexibility index (Phi) is 9.11. The average Bonchev–Trinajstić information content (AvgIpc) is 3.03. The minimum absolute atomic E-state index is 0.0937. The molecule has 6 rings (SSSR count). The molecule has 0 saturated carbocycles. The fraction of sp³-hybridized carbons (Fsp3) is 0.343. The first-order chi connectivity index (χ1) is 22.3. The van der Waals surface area contributed by atoms with Gasteiger partial charge in [0.25, 0.3) is 0 Å². The van der Waals surface area contributed by atoms with Crippen molar-refractivity contribution in [3.63, 3.8) is 0 Å². The lowest BCUT2D eigenvalue weighted by Crippen LogP contribution is -2.55. The summed E-state index contributed by atoms with van der Waals surface area (Å²) in [5.74, 6) is 3.14. The summed E-state index contributed by atoms with van der Waals surface area (Å²) >= 11 is 0. The molecule has 5 heterocycles. The number of rotatable bonds is 8. The molecule has 0 spiro atoms. The number of ether oxygens (including phenoxy) is 1. The molecule has 2 aliphatic rings. The van der Waals surface area contributed by atoms with Gasteiger partial charge in [0, 0.05) is 69.5 Å². The highest BCUT2D eigenvalue weighted by atomic mass is 16.5. The van der Waals surface area contributed by atoms with Crippen molar-refractivity contribution in [3.05, 3.63) is 90.5 Å². The summed E-state index contributed by atoms with van der Waals surface area (Å²) in [6.07, 6.45) is 11.5. The number of aryl methyl sites for hydroxylation is 3. The summed E-state index contributed by atoms with van der Waals surface area (Å²) in [5, 5.41) is 3.47. The van der Waals surface area contributed by atoms with Crippen molar-refractivity contribution in [1.82, 2.24) is 29.3 Å². The first kappa shape index (κ1) is 31.0. The van der Waals surface area contributed by atoms with Crippen molar-refractivity contribution in [2.24, 2.45) is 12.0 Å². The number of amides is 1. The Bertz CT molecular complexity index is 1860. The van der Waals surface area contributed by atoms with Crippen LogP contribution in [0, 0.1) is 6.92 Å². The highest BCUT2D eigenvalue weighted by Crippen LogP contribution is 2.33. The number of pyridine rings is 2. The smallest absolute Gasteiger partial charge is 0.246 e. The van der Waals surface area contributed by atoms with E-state index in [2.05, 4.69) is 37.8 Å². The van der Waals surface area contributed by atoms with Gasteiger partial charge in [0.1, 0.15) is 34.6 Å². The number of piperazine rings is 1. The van der Waals surface area contributed by atoms with Gasteiger partial charge in [-0.25, -0.2) is 19.9 Å². The zero-order chi connectivity index (χ0) is 32.2. The van der Waals surface area contributed by atoms with Gasteiger partial charge < -0.3 is 29.3 Å². The molecule has 1 aromatic carbocycles. The monoisotopic (exact) mass is 619 g/mol. The summed E-state index contributed by atoms with van der Waals surface area (Å²) < 4.78 is 8.09. The number of benzene rings is 1. The Hall–Kier alpha value is -5.03. The van der Waals surface area contributed by atoms with E-state index in [9.17, 15) is 4.79 Å². The number of aromatic nitrogens is 4. The van der Waals surface area contributed by atoms with E-state index in [1.165, 1.54) is 11.8 Å². The van der Waals surface area contributed by atoms with E-state index >= 15 is 0 Å². The van der Waals surface area contributed by atoms with Crippen molar-refractivity contribution >= 4 is 34.3 Å². The molecule has 2 aliphatic heterocycles. The number of carbonyl (C=O) groups is 1. The third kappa shape index (κ3) is 6.79. The van der Waals surface area contributed by atoms with Crippen LogP contribution in [0.25, 0.3) is 11.0 Å². The summed E-state index contributed by atoms with van der Waals surface area (Å²) in [6.45, 7) is 8.61. The van der Waals surface area contributed by atoms with Gasteiger partial charge >= 0.3 is 0 Å². The fourth-order valence-corrected chi connectivity index (χ4v) is 6.07. The second-order valence-corrected chi connectivity index (χ2v) is 12.1. The molecule has 11 nitrogen and oxygen atoms in total. The third-order valence-electron chi connectivity index (χ3n) is 8.43. The molecule has 2 bridgehead atoms. The molecule has 1 unspecified atom stereocenters. The van der Waals surface area contributed by atoms with Crippen molar-refractivity contribution in [1.29, 1.82) is 0 Å². The van der Waals surface area contributed by atoms with E-state index in [0.29, 0.717) is 18.1 Å². The van der Waals surface area contributed by atoms with E-state index < -0.39 is 0 Å². The van der Waals surface area contributed by atoms with E-state index in [1.807, 2.05) is 85.0 Å². The lowest BCUT2D eigenvalue weighted by atomic mass is 9.97. The number of anilines is 3. The van der Waals surface area contributed by atoms with Crippen LogP contribution in [0.1, 0.15) is 24.0 Å². The first-order valence-corrected chi connectivity index (χ1v) is 15.7. The molecule has 1 saturated heterocycles. The van der Waals surface area contributed by atoms with Gasteiger partial charge in [0.2, 0.25) is 5.91 Å². The van der Waals surface area contributed by atoms with Crippen molar-refractivity contribution in [3.8, 4) is 11.5 Å². The van der Waals surface area contributed by atoms with Gasteiger partial charge in [-0.2, -0.15) is 0 Å². The number of likely N-dealkylation sites (N-methyl/N-ethyl adjacent to an activating group) is 1. The van der Waals surface area contributed by atoms with E-state index in [-0.39, 0.29) is 11.9 Å². The molecule has 1 fully saturated rings. The van der Waals surface area contributed by atoms with Crippen LogP contribution in [0.15, 0.2) is 78.8 Å². The largest absolute Gasteiger partial charge is 0.457 e. The van der Waals surface area contributed by atoms with E-state index in [0.717, 1.165) is 78.2 Å². The molecule has 11 heteroatoms. The number of hydrogen-bond acceptors (Lipinski definition) is 9. The van der Waals surface area contributed by atoms with Crippen LogP contribution in [-0.2, 0) is 18.3 Å². The summed E-state index contributed by atoms with van der Waals surface area (Å²) in [5.41, 5.74) is 5.30. The second-order valence-electron chi connectivity index (χ2n) is 12.1. The number of nitrogens with one attached hydrogen (secondary N) is 1. The zero-order valence-electron chi connectivity index (χ0n) is 27.0. The van der Waals surface area contributed by atoms with E-state index in [4.69, 9.17) is 9.72 Å². The van der Waals surface area contributed by atoms with Crippen LogP contribution in [0.4, 0.5) is 17.3 Å². The molecule has 3 aromatic heterocycles. The number of carbonyl (C=O) groups excluding carboxylic acids is 1. The Morgan fingerprint density at radius 3 is 2.87 bits per heavy atom. The minimum Gasteiger partial charge on any atom is -0.457 e. The van der Waals surface area contributed by atoms with Gasteiger partial charge in [0.15, 0.2) is 5.82 Å². The predicted octanol–water partition coefficient (Wildman–Crippen LogP) is 4.72. The van der Waals surface area contributed by atoms with Crippen LogP contribution < -0.4 is 20.4 Å². The predicted molar refractivity (Wildman–Crippen MR) is 181 cm³/mol. The Morgan fingerprint density at radius 2 is 2.07 bits per heavy atom. The molecule has 4 aromatic rings. The van der Waals surface area contributed by atoms with Crippen LogP contribution in [-0.4, -0.2) is 81.5 Å². The molecule has 0 aliphatic carbocycles. The SMILES string of the molecule is C=C/N=c1/cc(Oc2ccc(Nc3ncnc4cc5c(nc34)N3CCN(C(=O)/C=C/CN(C)C)C(CCC5)C3)cc2C)ccn1C. The van der Waals surface area contributed by atoms with Crippen molar-refractivity contribution in [2.75, 3.05) is 50.5 Å². The number of fused-ring (bicyclic) bond motifs is 5. The van der Waals surface area contributed by atoms with Crippen LogP contribution >= 0.6 is 0 Å². The maximum absolute atomic E-state index is 13.0. The zero-order valence-corrected chi connectivity index (χ0v) is 27.0. The van der Waals surface area contributed by atoms with Crippen LogP contribution in [0.2, 0.25) is 0 Å². The standard InChI is InChI=1S/C35H41N9O2/c1-6-36-31-21-28(14-16-42(31)5)46-30-13-12-26(19-24(30)2)39-34-33-29(37-23-38-34)20-25-9-7-10-27-22-43(35(25)40-33)17-18-44(27)32(45)11-8-15-41(3)4/h6,8,11-14,16,19-21,23,27H,1,7,9-10,15,17-18,22H2,2-5H3,(H,37,38,39)/b11-8+,36-31-. The number of nitrogens with zero attached hydrogens (tertiary/aromatic N) is 8. The summed E-state index contributed by atoms with van der Waals surface area (Å²) in [7, 11) is 5.92. The molecule has 1 N–H and O–H groups in total. The van der Waals surface area contributed by atoms with Crippen LogP contribution in [0.5, 0.6) is 11.5 Å². The van der Waals surface area contributed by atoms with Crippen molar-refractivity contribution < 1.29 is 9.53 Å². The average molecular weight is 620 g/mol. The van der Waals surface area contributed by atoms with Gasteiger partial charge in [-0.15, -0.1) is 0 Å². The third-order valence-corrected chi connectivity index (χ3v) is 8.43. The van der Waals surface area contributed by atoms with Gasteiger partial charge in [-0.05, 0) is 81.7 Å². The van der Waals surface area contributed by atoms with Gasteiger partial charge in [-0.3, -0.25) is 4.79 Å². The lowest BCUT2D eigenvalue weighted by molar-refractivity contribution is -0.128. The van der Waals surface area contributed by atoms with Crippen LogP contribution in [0.3, 0.4) is 0 Å². The maximum atomic E-state index is 13.0. The quantitative estimate of drug-likeness (QED) is 0.283. The summed E-state index contributed by atoms with van der Waals surface area (Å²) in [4.78, 5) is 38.1. The molecular formula is C35H41N9O2. The number of hydrogen-bond donors (Lipinski definition) is 1.